The van der Waals surface area contributed by atoms with E-state index in [2.05, 4.69) is 15.3 Å². The van der Waals surface area contributed by atoms with Gasteiger partial charge in [0, 0.05) is 6.07 Å². The van der Waals surface area contributed by atoms with Crippen LogP contribution in [-0.4, -0.2) is 82.6 Å². The van der Waals surface area contributed by atoms with Gasteiger partial charge in [0.25, 0.3) is 5.91 Å². The Morgan fingerprint density at radius 3 is 2.71 bits per heavy atom. The molecule has 0 aromatic heterocycles. The molecule has 152 valence electrons. The molecule has 0 saturated carbocycles. The number of anilines is 1. The lowest BCUT2D eigenvalue weighted by Crippen LogP contribution is -2.54. The molecule has 1 aromatic carbocycles. The van der Waals surface area contributed by atoms with Gasteiger partial charge < -0.3 is 35.4 Å². The zero-order valence-electron chi connectivity index (χ0n) is 15.7. The molecule has 3 rings (SSSR count). The van der Waals surface area contributed by atoms with Crippen molar-refractivity contribution < 1.29 is 30.0 Å². The largest absolute Gasteiger partial charge is 0.494 e. The lowest BCUT2D eigenvalue weighted by molar-refractivity contribution is -0.114. The Balaban J connectivity index is 2.04. The fourth-order valence-electron chi connectivity index (χ4n) is 3.12. The minimum absolute atomic E-state index is 0.0567. The Kier molecular flexibility index (Phi) is 5.94. The molecule has 3 atom stereocenters. The first kappa shape index (κ1) is 20.2. The SMILES string of the molecule is CCOc1cc2c(cc1C)N=C1C(=O)NCN=C1N2CC(O)C(O)C(O)CO. The van der Waals surface area contributed by atoms with E-state index < -0.39 is 30.8 Å². The molecule has 2 heterocycles. The second-order valence-electron chi connectivity index (χ2n) is 6.56. The average molecular weight is 392 g/mol. The summed E-state index contributed by atoms with van der Waals surface area (Å²) >= 11 is 0. The molecule has 1 aromatic rings. The number of aliphatic imine (C=N–C) groups is 2. The van der Waals surface area contributed by atoms with Crippen LogP contribution in [0.15, 0.2) is 22.1 Å². The summed E-state index contributed by atoms with van der Waals surface area (Å²) in [6, 6.07) is 3.51. The number of fused-ring (bicyclic) bond motifs is 2. The van der Waals surface area contributed by atoms with Gasteiger partial charge in [-0.1, -0.05) is 0 Å². The highest BCUT2D eigenvalue weighted by Crippen LogP contribution is 2.39. The lowest BCUT2D eigenvalue weighted by Gasteiger charge is -2.35. The molecule has 0 aliphatic carbocycles. The van der Waals surface area contributed by atoms with E-state index in [0.29, 0.717) is 23.7 Å². The van der Waals surface area contributed by atoms with Crippen LogP contribution in [0.3, 0.4) is 0 Å². The maximum Gasteiger partial charge on any atom is 0.275 e. The van der Waals surface area contributed by atoms with E-state index in [-0.39, 0.29) is 24.8 Å². The Hall–Kier alpha value is -2.53. The second kappa shape index (κ2) is 8.23. The van der Waals surface area contributed by atoms with Crippen LogP contribution in [0.25, 0.3) is 0 Å². The van der Waals surface area contributed by atoms with Crippen LogP contribution in [0, 0.1) is 6.92 Å². The van der Waals surface area contributed by atoms with E-state index in [9.17, 15) is 20.1 Å². The van der Waals surface area contributed by atoms with Gasteiger partial charge in [-0.3, -0.25) is 4.79 Å². The number of hydrogen-bond donors (Lipinski definition) is 5. The first-order chi connectivity index (χ1) is 13.4. The summed E-state index contributed by atoms with van der Waals surface area (Å²) in [6.45, 7) is 3.36. The normalized spacial score (nSPS) is 18.9. The highest BCUT2D eigenvalue weighted by Gasteiger charge is 2.36. The number of carbonyl (C=O) groups excluding carboxylic acids is 1. The smallest absolute Gasteiger partial charge is 0.275 e. The van der Waals surface area contributed by atoms with Gasteiger partial charge in [0.2, 0.25) is 0 Å². The van der Waals surface area contributed by atoms with Gasteiger partial charge in [-0.25, -0.2) is 9.98 Å². The quantitative estimate of drug-likeness (QED) is 0.393. The van der Waals surface area contributed by atoms with Gasteiger partial charge in [-0.2, -0.15) is 0 Å². The van der Waals surface area contributed by atoms with Crippen LogP contribution in [0.4, 0.5) is 11.4 Å². The van der Waals surface area contributed by atoms with Crippen molar-refractivity contribution in [2.45, 2.75) is 32.2 Å². The molecule has 1 amide bonds. The Morgan fingerprint density at radius 1 is 1.29 bits per heavy atom. The molecule has 2 aliphatic rings. The van der Waals surface area contributed by atoms with E-state index in [1.165, 1.54) is 0 Å². The minimum atomic E-state index is -1.58. The number of carbonyl (C=O) groups is 1. The van der Waals surface area contributed by atoms with E-state index in [0.717, 1.165) is 5.56 Å². The Morgan fingerprint density at radius 2 is 2.04 bits per heavy atom. The number of aliphatic hydroxyl groups excluding tert-OH is 4. The van der Waals surface area contributed by atoms with Crippen LogP contribution < -0.4 is 15.0 Å². The van der Waals surface area contributed by atoms with Crippen LogP contribution >= 0.6 is 0 Å². The number of amides is 1. The number of β-amino-alcohol motifs (C(OH)–C–C–N with tert-alkyl or cyclic N) is 1. The molecule has 3 unspecified atom stereocenters. The third-order valence-corrected chi connectivity index (χ3v) is 4.59. The molecule has 10 heteroatoms. The predicted octanol–water partition coefficient (Wildman–Crippen LogP) is -1.15. The molecule has 2 aliphatic heterocycles. The van der Waals surface area contributed by atoms with Gasteiger partial charge in [-0.15, -0.1) is 0 Å². The maximum absolute atomic E-state index is 12.3. The van der Waals surface area contributed by atoms with Gasteiger partial charge in [0.15, 0.2) is 11.5 Å². The van der Waals surface area contributed by atoms with E-state index in [4.69, 9.17) is 9.84 Å². The number of nitrogens with one attached hydrogen (secondary N) is 1. The summed E-state index contributed by atoms with van der Waals surface area (Å²) in [6.07, 6.45) is -4.49. The topological polar surface area (TPSA) is 147 Å². The predicted molar refractivity (Wildman–Crippen MR) is 102 cm³/mol. The summed E-state index contributed by atoms with van der Waals surface area (Å²) in [5.41, 5.74) is 1.98. The molecule has 0 saturated heterocycles. The maximum atomic E-state index is 12.3. The fourth-order valence-corrected chi connectivity index (χ4v) is 3.12. The van der Waals surface area contributed by atoms with E-state index in [1.54, 1.807) is 17.0 Å². The van der Waals surface area contributed by atoms with Crippen molar-refractivity contribution in [2.75, 3.05) is 31.3 Å². The molecular formula is C18H24N4O6. The summed E-state index contributed by atoms with van der Waals surface area (Å²) < 4.78 is 5.64. The highest BCUT2D eigenvalue weighted by molar-refractivity contribution is 6.70. The monoisotopic (exact) mass is 392 g/mol. The number of benzene rings is 1. The summed E-state index contributed by atoms with van der Waals surface area (Å²) in [5.74, 6) is 0.487. The first-order valence-corrected chi connectivity index (χ1v) is 8.99. The molecule has 5 N–H and O–H groups in total. The molecule has 10 nitrogen and oxygen atoms in total. The summed E-state index contributed by atoms with van der Waals surface area (Å²) in [5, 5.41) is 41.7. The van der Waals surface area contributed by atoms with Gasteiger partial charge in [-0.05, 0) is 25.5 Å². The van der Waals surface area contributed by atoms with Crippen molar-refractivity contribution in [3.8, 4) is 5.75 Å². The van der Waals surface area contributed by atoms with Gasteiger partial charge in [0.05, 0.1) is 31.1 Å². The van der Waals surface area contributed by atoms with Crippen molar-refractivity contribution in [1.82, 2.24) is 5.32 Å². The van der Waals surface area contributed by atoms with Crippen LogP contribution in [0.1, 0.15) is 12.5 Å². The van der Waals surface area contributed by atoms with Crippen molar-refractivity contribution in [1.29, 1.82) is 0 Å². The molecule has 0 radical (unpaired) electrons. The molecule has 0 spiro atoms. The Bertz CT molecular complexity index is 825. The van der Waals surface area contributed by atoms with Crippen LogP contribution in [-0.2, 0) is 4.79 Å². The number of aryl methyl sites for hydroxylation is 1. The van der Waals surface area contributed by atoms with Gasteiger partial charge in [0.1, 0.15) is 30.7 Å². The zero-order valence-corrected chi connectivity index (χ0v) is 15.7. The molecule has 28 heavy (non-hydrogen) atoms. The van der Waals surface area contributed by atoms with Gasteiger partial charge >= 0.3 is 0 Å². The standard InChI is InChI=1S/C18H24N4O6/c1-3-28-14-5-11-10(4-9(14)2)21-15-17(19-8-20-18(15)27)22(11)6-12(24)16(26)13(25)7-23/h4-5,12-13,16,23-26H,3,6-8H2,1-2H3,(H,20,27). The Labute approximate surface area is 161 Å². The number of amidine groups is 1. The third kappa shape index (κ3) is 3.72. The second-order valence-corrected chi connectivity index (χ2v) is 6.56. The number of ether oxygens (including phenoxy) is 1. The average Bonchev–Trinajstić information content (AvgIpc) is 2.68. The number of hydrogen-bond acceptors (Lipinski definition) is 9. The molecular weight excluding hydrogens is 368 g/mol. The number of rotatable bonds is 7. The van der Waals surface area contributed by atoms with Crippen molar-refractivity contribution in [3.63, 3.8) is 0 Å². The summed E-state index contributed by atoms with van der Waals surface area (Å²) in [4.78, 5) is 22.5. The minimum Gasteiger partial charge on any atom is -0.494 e. The summed E-state index contributed by atoms with van der Waals surface area (Å²) in [7, 11) is 0. The first-order valence-electron chi connectivity index (χ1n) is 8.99. The van der Waals surface area contributed by atoms with Crippen LogP contribution in [0.5, 0.6) is 5.75 Å². The molecule has 0 fully saturated rings. The van der Waals surface area contributed by atoms with E-state index in [1.807, 2.05) is 13.8 Å². The fraction of sp³-hybridized carbons (Fsp3) is 0.500. The zero-order chi connectivity index (χ0) is 20.4. The molecule has 0 bridgehead atoms. The lowest BCUT2D eigenvalue weighted by atomic mass is 10.0. The number of nitrogens with zero attached hydrogens (tertiary/aromatic N) is 3. The number of aliphatic hydroxyl groups is 4. The van der Waals surface area contributed by atoms with Crippen molar-refractivity contribution >= 4 is 28.8 Å². The third-order valence-electron chi connectivity index (χ3n) is 4.59. The van der Waals surface area contributed by atoms with Crippen molar-refractivity contribution in [2.24, 2.45) is 9.98 Å². The van der Waals surface area contributed by atoms with E-state index >= 15 is 0 Å². The van der Waals surface area contributed by atoms with Crippen LogP contribution in [0.2, 0.25) is 0 Å². The highest BCUT2D eigenvalue weighted by atomic mass is 16.5. The van der Waals surface area contributed by atoms with Crippen molar-refractivity contribution in [3.05, 3.63) is 17.7 Å².